The summed E-state index contributed by atoms with van der Waals surface area (Å²) in [6.07, 6.45) is -3.98. The summed E-state index contributed by atoms with van der Waals surface area (Å²) in [4.78, 5) is 26.6. The number of halogens is 3. The number of dihydropyridines is 1. The average molecular weight is 467 g/mol. The van der Waals surface area contributed by atoms with Crippen molar-refractivity contribution in [2.45, 2.75) is 31.9 Å². The third kappa shape index (κ3) is 4.03. The SMILES string of the molecule is CC1=C(C#N)C(c2ccccc2C(F)(F)F)C(C(=O)O)=C(CN2C(=O)CCc3ccccc32)N1. The van der Waals surface area contributed by atoms with E-state index in [9.17, 15) is 33.1 Å². The van der Waals surface area contributed by atoms with Crippen LogP contribution in [0, 0.1) is 11.3 Å². The highest BCUT2D eigenvalue weighted by Gasteiger charge is 2.41. The van der Waals surface area contributed by atoms with Crippen molar-refractivity contribution in [3.63, 3.8) is 0 Å². The molecule has 0 bridgehead atoms. The number of amides is 1. The van der Waals surface area contributed by atoms with Gasteiger partial charge in [0.05, 0.1) is 35.2 Å². The number of fused-ring (bicyclic) bond motifs is 1. The van der Waals surface area contributed by atoms with Crippen LogP contribution >= 0.6 is 0 Å². The summed E-state index contributed by atoms with van der Waals surface area (Å²) in [6, 6.07) is 13.7. The minimum Gasteiger partial charge on any atom is -0.478 e. The van der Waals surface area contributed by atoms with Crippen molar-refractivity contribution in [3.05, 3.63) is 87.8 Å². The van der Waals surface area contributed by atoms with Crippen molar-refractivity contribution in [3.8, 4) is 6.07 Å². The predicted octanol–water partition coefficient (Wildman–Crippen LogP) is 4.51. The number of benzene rings is 2. The van der Waals surface area contributed by atoms with Crippen molar-refractivity contribution in [1.82, 2.24) is 5.32 Å². The van der Waals surface area contributed by atoms with Gasteiger partial charge in [0.2, 0.25) is 5.91 Å². The molecule has 1 amide bonds. The Morgan fingerprint density at radius 3 is 2.53 bits per heavy atom. The number of nitrogens with zero attached hydrogens (tertiary/aromatic N) is 2. The third-order valence-corrected chi connectivity index (χ3v) is 6.08. The molecule has 0 aliphatic carbocycles. The Bertz CT molecular complexity index is 1290. The molecule has 0 saturated carbocycles. The van der Waals surface area contributed by atoms with Crippen LogP contribution in [-0.2, 0) is 22.2 Å². The normalized spacial score (nSPS) is 18.4. The monoisotopic (exact) mass is 467 g/mol. The fourth-order valence-corrected chi connectivity index (χ4v) is 4.57. The summed E-state index contributed by atoms with van der Waals surface area (Å²) in [5.74, 6) is -3.15. The molecule has 2 aliphatic rings. The van der Waals surface area contributed by atoms with Crippen LogP contribution in [0.3, 0.4) is 0 Å². The second-order valence-corrected chi connectivity index (χ2v) is 8.10. The first kappa shape index (κ1) is 23.1. The standard InChI is InChI=1S/C25H20F3N3O3/c1-14-17(12-29)22(16-7-3-4-8-18(16)25(26,27)28)23(24(33)34)19(30-14)13-31-20-9-5-2-6-15(20)10-11-21(31)32/h2-9,22,30H,10-11,13H2,1H3,(H,33,34). The zero-order chi connectivity index (χ0) is 24.6. The van der Waals surface area contributed by atoms with Crippen LogP contribution in [0.15, 0.2) is 71.1 Å². The molecule has 1 atom stereocenters. The highest BCUT2D eigenvalue weighted by Crippen LogP contribution is 2.44. The van der Waals surface area contributed by atoms with Gasteiger partial charge in [-0.2, -0.15) is 18.4 Å². The average Bonchev–Trinajstić information content (AvgIpc) is 2.79. The van der Waals surface area contributed by atoms with Crippen LogP contribution in [0.2, 0.25) is 0 Å². The van der Waals surface area contributed by atoms with E-state index in [1.54, 1.807) is 12.1 Å². The molecule has 174 valence electrons. The molecule has 0 aromatic heterocycles. The lowest BCUT2D eigenvalue weighted by Crippen LogP contribution is -2.41. The lowest BCUT2D eigenvalue weighted by Gasteiger charge is -2.35. The van der Waals surface area contributed by atoms with Gasteiger partial charge in [-0.3, -0.25) is 4.79 Å². The van der Waals surface area contributed by atoms with E-state index in [2.05, 4.69) is 5.32 Å². The number of para-hydroxylation sites is 1. The molecule has 4 rings (SSSR count). The number of hydrogen-bond acceptors (Lipinski definition) is 4. The number of aryl methyl sites for hydroxylation is 1. The number of aliphatic carboxylic acids is 1. The molecular formula is C25H20F3N3O3. The number of anilines is 1. The predicted molar refractivity (Wildman–Crippen MR) is 117 cm³/mol. The number of allylic oxidation sites excluding steroid dienone is 2. The van der Waals surface area contributed by atoms with Crippen molar-refractivity contribution >= 4 is 17.6 Å². The number of carboxylic acid groups (broad SMARTS) is 1. The van der Waals surface area contributed by atoms with Gasteiger partial charge in [-0.25, -0.2) is 4.79 Å². The second-order valence-electron chi connectivity index (χ2n) is 8.10. The number of nitriles is 1. The molecule has 2 heterocycles. The number of carboxylic acids is 1. The lowest BCUT2D eigenvalue weighted by molar-refractivity contribution is -0.139. The summed E-state index contributed by atoms with van der Waals surface area (Å²) in [7, 11) is 0. The molecule has 6 nitrogen and oxygen atoms in total. The number of alkyl halides is 3. The molecule has 0 radical (unpaired) electrons. The summed E-state index contributed by atoms with van der Waals surface area (Å²) in [5.41, 5.74) is -0.0131. The molecule has 2 aromatic carbocycles. The molecule has 1 unspecified atom stereocenters. The maximum Gasteiger partial charge on any atom is 0.416 e. The van der Waals surface area contributed by atoms with Gasteiger partial charge in [0.15, 0.2) is 0 Å². The molecule has 0 saturated heterocycles. The van der Waals surface area contributed by atoms with Crippen molar-refractivity contribution < 1.29 is 27.9 Å². The van der Waals surface area contributed by atoms with Gasteiger partial charge in [0, 0.05) is 23.5 Å². The Hall–Kier alpha value is -4.06. The highest BCUT2D eigenvalue weighted by molar-refractivity contribution is 5.98. The van der Waals surface area contributed by atoms with Gasteiger partial charge in [0.25, 0.3) is 0 Å². The van der Waals surface area contributed by atoms with E-state index in [1.165, 1.54) is 30.0 Å². The smallest absolute Gasteiger partial charge is 0.416 e. The Kier molecular flexibility index (Phi) is 5.92. The zero-order valence-electron chi connectivity index (χ0n) is 18.1. The van der Waals surface area contributed by atoms with E-state index in [0.29, 0.717) is 12.1 Å². The van der Waals surface area contributed by atoms with Crippen LogP contribution in [0.1, 0.15) is 36.0 Å². The maximum atomic E-state index is 13.8. The number of nitrogens with one attached hydrogen (secondary N) is 1. The summed E-state index contributed by atoms with van der Waals surface area (Å²) in [5, 5.41) is 22.8. The zero-order valence-corrected chi connectivity index (χ0v) is 18.1. The lowest BCUT2D eigenvalue weighted by atomic mass is 9.78. The number of hydrogen-bond donors (Lipinski definition) is 2. The Labute approximate surface area is 193 Å². The van der Waals surface area contributed by atoms with Gasteiger partial charge in [-0.15, -0.1) is 0 Å². The van der Waals surface area contributed by atoms with Gasteiger partial charge in [-0.1, -0.05) is 36.4 Å². The molecule has 2 aromatic rings. The first-order valence-electron chi connectivity index (χ1n) is 10.5. The number of carbonyl (C=O) groups excluding carboxylic acids is 1. The largest absolute Gasteiger partial charge is 0.478 e. The molecule has 0 fully saturated rings. The third-order valence-electron chi connectivity index (χ3n) is 6.08. The summed E-state index contributed by atoms with van der Waals surface area (Å²) in [6.45, 7) is 1.32. The van der Waals surface area contributed by atoms with E-state index >= 15 is 0 Å². The minimum absolute atomic E-state index is 0.0658. The maximum absolute atomic E-state index is 13.8. The molecule has 34 heavy (non-hydrogen) atoms. The van der Waals surface area contributed by atoms with E-state index in [4.69, 9.17) is 0 Å². The minimum atomic E-state index is -4.75. The Morgan fingerprint density at radius 1 is 1.18 bits per heavy atom. The first-order chi connectivity index (χ1) is 16.1. The molecular weight excluding hydrogens is 447 g/mol. The van der Waals surface area contributed by atoms with Crippen molar-refractivity contribution in [2.24, 2.45) is 0 Å². The summed E-state index contributed by atoms with van der Waals surface area (Å²) >= 11 is 0. The van der Waals surface area contributed by atoms with E-state index in [0.717, 1.165) is 11.6 Å². The molecule has 0 spiro atoms. The van der Waals surface area contributed by atoms with Gasteiger partial charge in [-0.05, 0) is 36.6 Å². The van der Waals surface area contributed by atoms with Crippen LogP contribution in [0.5, 0.6) is 0 Å². The van der Waals surface area contributed by atoms with E-state index < -0.39 is 29.2 Å². The van der Waals surface area contributed by atoms with Crippen molar-refractivity contribution in [1.29, 1.82) is 5.26 Å². The van der Waals surface area contributed by atoms with Gasteiger partial charge < -0.3 is 15.3 Å². The first-order valence-corrected chi connectivity index (χ1v) is 10.5. The molecule has 9 heteroatoms. The van der Waals surface area contributed by atoms with Crippen LogP contribution in [-0.4, -0.2) is 23.5 Å². The molecule has 2 aliphatic heterocycles. The Morgan fingerprint density at radius 2 is 1.85 bits per heavy atom. The fourth-order valence-electron chi connectivity index (χ4n) is 4.57. The van der Waals surface area contributed by atoms with Gasteiger partial charge in [0.1, 0.15) is 0 Å². The van der Waals surface area contributed by atoms with Crippen LogP contribution < -0.4 is 10.2 Å². The van der Waals surface area contributed by atoms with Crippen LogP contribution in [0.25, 0.3) is 0 Å². The second kappa shape index (κ2) is 8.71. The summed E-state index contributed by atoms with van der Waals surface area (Å²) < 4.78 is 41.4. The quantitative estimate of drug-likeness (QED) is 0.690. The topological polar surface area (TPSA) is 93.4 Å². The highest BCUT2D eigenvalue weighted by atomic mass is 19.4. The number of carbonyl (C=O) groups is 2. The fraction of sp³-hybridized carbons (Fsp3) is 0.240. The van der Waals surface area contributed by atoms with Crippen LogP contribution in [0.4, 0.5) is 18.9 Å². The van der Waals surface area contributed by atoms with Gasteiger partial charge >= 0.3 is 12.1 Å². The Balaban J connectivity index is 1.90. The van der Waals surface area contributed by atoms with Crippen molar-refractivity contribution in [2.75, 3.05) is 11.4 Å². The number of rotatable bonds is 4. The van der Waals surface area contributed by atoms with E-state index in [-0.39, 0.29) is 41.4 Å². The molecule has 2 N–H and O–H groups in total. The van der Waals surface area contributed by atoms with E-state index in [1.807, 2.05) is 18.2 Å².